The van der Waals surface area contributed by atoms with E-state index in [4.69, 9.17) is 0 Å². The molecule has 0 aliphatic rings. The van der Waals surface area contributed by atoms with Crippen molar-refractivity contribution in [1.29, 1.82) is 0 Å². The minimum absolute atomic E-state index is 0.0590. The van der Waals surface area contributed by atoms with Crippen molar-refractivity contribution < 1.29 is 5.11 Å². The van der Waals surface area contributed by atoms with E-state index in [1.165, 1.54) is 27.6 Å². The summed E-state index contributed by atoms with van der Waals surface area (Å²) < 4.78 is 4.97. The fraction of sp³-hybridized carbons (Fsp3) is 0.364. The summed E-state index contributed by atoms with van der Waals surface area (Å²) >= 11 is 1.56. The average molecular weight is 456 g/mol. The molecule has 3 heterocycles. The quantitative estimate of drug-likeness (QED) is 0.427. The van der Waals surface area contributed by atoms with E-state index in [2.05, 4.69) is 11.9 Å². The summed E-state index contributed by atoms with van der Waals surface area (Å²) in [7, 11) is 2.89. The number of aromatic nitrogens is 5. The van der Waals surface area contributed by atoms with Crippen LogP contribution in [-0.4, -0.2) is 33.9 Å². The third-order valence-electron chi connectivity index (χ3n) is 5.54. The topological polar surface area (TPSA) is 104 Å². The molecule has 0 saturated carbocycles. The van der Waals surface area contributed by atoms with Gasteiger partial charge in [-0.05, 0) is 17.7 Å². The standard InChI is InChI=1S/C22H25N5O4S/c1-4-5-11-32-13-15-18(28)26(12-14-9-7-6-8-10-14)21-23-17-16(27(21)19(15)29)20(30)25(3)22(31)24(17)2/h6-10,29H,4-5,11-13H2,1-3H3. The van der Waals surface area contributed by atoms with Crippen LogP contribution in [0.2, 0.25) is 0 Å². The summed E-state index contributed by atoms with van der Waals surface area (Å²) in [5.74, 6) is 0.970. The molecular formula is C22H25N5O4S. The van der Waals surface area contributed by atoms with Gasteiger partial charge in [0.05, 0.1) is 12.1 Å². The van der Waals surface area contributed by atoms with Gasteiger partial charge in [0, 0.05) is 19.8 Å². The van der Waals surface area contributed by atoms with Crippen molar-refractivity contribution >= 4 is 28.7 Å². The van der Waals surface area contributed by atoms with Crippen LogP contribution in [0.1, 0.15) is 30.9 Å². The van der Waals surface area contributed by atoms with Gasteiger partial charge in [-0.1, -0.05) is 43.7 Å². The van der Waals surface area contributed by atoms with Crippen LogP contribution in [0, 0.1) is 0 Å². The maximum absolute atomic E-state index is 13.4. The number of benzene rings is 1. The molecule has 0 bridgehead atoms. The minimum Gasteiger partial charge on any atom is -0.494 e. The fourth-order valence-corrected chi connectivity index (χ4v) is 4.80. The number of imidazole rings is 1. The first-order valence-electron chi connectivity index (χ1n) is 10.4. The number of aromatic hydroxyl groups is 1. The second kappa shape index (κ2) is 8.70. The van der Waals surface area contributed by atoms with E-state index >= 15 is 0 Å². The molecule has 1 N–H and O–H groups in total. The van der Waals surface area contributed by atoms with E-state index in [0.717, 1.165) is 28.7 Å². The van der Waals surface area contributed by atoms with Gasteiger partial charge in [0.15, 0.2) is 11.2 Å². The van der Waals surface area contributed by atoms with Crippen LogP contribution < -0.4 is 16.8 Å². The first-order chi connectivity index (χ1) is 15.4. The molecule has 0 atom stereocenters. The Morgan fingerprint density at radius 2 is 1.75 bits per heavy atom. The van der Waals surface area contributed by atoms with Crippen molar-refractivity contribution in [1.82, 2.24) is 23.1 Å². The van der Waals surface area contributed by atoms with Crippen molar-refractivity contribution in [2.45, 2.75) is 32.1 Å². The summed E-state index contributed by atoms with van der Waals surface area (Å²) in [6.45, 7) is 2.31. The number of hydrogen-bond acceptors (Lipinski definition) is 6. The summed E-state index contributed by atoms with van der Waals surface area (Å²) in [5.41, 5.74) is -0.211. The highest BCUT2D eigenvalue weighted by atomic mass is 32.2. The molecule has 0 spiro atoms. The van der Waals surface area contributed by atoms with E-state index in [1.54, 1.807) is 11.8 Å². The Bertz CT molecular complexity index is 1480. The van der Waals surface area contributed by atoms with Crippen molar-refractivity contribution in [3.05, 3.63) is 72.7 Å². The molecule has 168 valence electrons. The monoisotopic (exact) mass is 455 g/mol. The van der Waals surface area contributed by atoms with Crippen molar-refractivity contribution in [3.63, 3.8) is 0 Å². The first kappa shape index (κ1) is 21.9. The normalized spacial score (nSPS) is 11.6. The molecule has 4 aromatic rings. The lowest BCUT2D eigenvalue weighted by Crippen LogP contribution is -2.37. The Hall–Kier alpha value is -3.27. The zero-order valence-electron chi connectivity index (χ0n) is 18.2. The smallest absolute Gasteiger partial charge is 0.332 e. The maximum Gasteiger partial charge on any atom is 0.332 e. The lowest BCUT2D eigenvalue weighted by molar-refractivity contribution is 0.437. The Kier molecular flexibility index (Phi) is 5.96. The molecule has 9 nitrogen and oxygen atoms in total. The Morgan fingerprint density at radius 1 is 1.03 bits per heavy atom. The van der Waals surface area contributed by atoms with Gasteiger partial charge in [-0.15, -0.1) is 0 Å². The van der Waals surface area contributed by atoms with Gasteiger partial charge >= 0.3 is 5.69 Å². The van der Waals surface area contributed by atoms with E-state index in [1.807, 2.05) is 30.3 Å². The lowest BCUT2D eigenvalue weighted by atomic mass is 10.2. The fourth-order valence-electron chi connectivity index (χ4n) is 3.71. The molecular weight excluding hydrogens is 430 g/mol. The van der Waals surface area contributed by atoms with Gasteiger partial charge in [-0.25, -0.2) is 9.20 Å². The van der Waals surface area contributed by atoms with Gasteiger partial charge in [0.25, 0.3) is 11.1 Å². The van der Waals surface area contributed by atoms with E-state index < -0.39 is 11.2 Å². The van der Waals surface area contributed by atoms with Gasteiger partial charge < -0.3 is 5.11 Å². The van der Waals surface area contributed by atoms with Crippen LogP contribution in [-0.2, 0) is 26.4 Å². The van der Waals surface area contributed by atoms with E-state index in [-0.39, 0.29) is 40.5 Å². The zero-order valence-corrected chi connectivity index (χ0v) is 19.1. The van der Waals surface area contributed by atoms with Crippen molar-refractivity contribution in [2.24, 2.45) is 14.1 Å². The summed E-state index contributed by atoms with van der Waals surface area (Å²) in [4.78, 5) is 43.3. The largest absolute Gasteiger partial charge is 0.494 e. The van der Waals surface area contributed by atoms with E-state index in [0.29, 0.717) is 5.75 Å². The highest BCUT2D eigenvalue weighted by Crippen LogP contribution is 2.25. The average Bonchev–Trinajstić information content (AvgIpc) is 3.20. The molecule has 0 aliphatic heterocycles. The molecule has 0 saturated heterocycles. The lowest BCUT2D eigenvalue weighted by Gasteiger charge is -2.13. The number of aryl methyl sites for hydroxylation is 1. The molecule has 0 radical (unpaired) electrons. The van der Waals surface area contributed by atoms with Gasteiger partial charge in [0.1, 0.15) is 0 Å². The van der Waals surface area contributed by atoms with Crippen LogP contribution in [0.15, 0.2) is 44.7 Å². The zero-order chi connectivity index (χ0) is 23.0. The maximum atomic E-state index is 13.4. The van der Waals surface area contributed by atoms with Crippen LogP contribution in [0.25, 0.3) is 16.9 Å². The van der Waals surface area contributed by atoms with Crippen molar-refractivity contribution in [2.75, 3.05) is 5.75 Å². The molecule has 0 unspecified atom stereocenters. The predicted molar refractivity (Wildman–Crippen MR) is 126 cm³/mol. The molecule has 0 fully saturated rings. The predicted octanol–water partition coefficient (Wildman–Crippen LogP) is 1.83. The number of thioether (sulfide) groups is 1. The summed E-state index contributed by atoms with van der Waals surface area (Å²) in [5, 5.41) is 11.1. The minimum atomic E-state index is -0.583. The Morgan fingerprint density at radius 3 is 2.44 bits per heavy atom. The molecule has 0 aliphatic carbocycles. The van der Waals surface area contributed by atoms with Crippen LogP contribution in [0.5, 0.6) is 5.88 Å². The van der Waals surface area contributed by atoms with Gasteiger partial charge in [0.2, 0.25) is 11.7 Å². The van der Waals surface area contributed by atoms with Crippen LogP contribution >= 0.6 is 11.8 Å². The van der Waals surface area contributed by atoms with Crippen LogP contribution in [0.3, 0.4) is 0 Å². The molecule has 32 heavy (non-hydrogen) atoms. The highest BCUT2D eigenvalue weighted by Gasteiger charge is 2.24. The SMILES string of the molecule is CCCCSCc1c(O)n2c3c(=O)n(C)c(=O)n(C)c3nc2n(Cc2ccccc2)c1=O. The molecule has 0 amide bonds. The molecule has 1 aromatic carbocycles. The van der Waals surface area contributed by atoms with Crippen molar-refractivity contribution in [3.8, 4) is 5.88 Å². The number of nitrogens with zero attached hydrogens (tertiary/aromatic N) is 5. The number of unbranched alkanes of at least 4 members (excludes halogenated alkanes) is 1. The second-order valence-electron chi connectivity index (χ2n) is 7.71. The van der Waals surface area contributed by atoms with E-state index in [9.17, 15) is 19.5 Å². The Labute approximate surface area is 187 Å². The second-order valence-corrected chi connectivity index (χ2v) is 8.82. The van der Waals surface area contributed by atoms with Gasteiger partial charge in [-0.2, -0.15) is 16.7 Å². The Balaban J connectivity index is 2.06. The third kappa shape index (κ3) is 3.54. The van der Waals surface area contributed by atoms with Gasteiger partial charge in [-0.3, -0.25) is 23.3 Å². The number of fused-ring (bicyclic) bond motifs is 3. The highest BCUT2D eigenvalue weighted by molar-refractivity contribution is 7.98. The number of rotatable bonds is 7. The third-order valence-corrected chi connectivity index (χ3v) is 6.61. The summed E-state index contributed by atoms with van der Waals surface area (Å²) in [6.07, 6.45) is 2.04. The van der Waals surface area contributed by atoms with Crippen LogP contribution in [0.4, 0.5) is 0 Å². The molecule has 3 aromatic heterocycles. The molecule has 4 rings (SSSR count). The summed E-state index contributed by atoms with van der Waals surface area (Å²) in [6, 6.07) is 9.42. The number of hydrogen-bond donors (Lipinski definition) is 1. The first-order valence-corrected chi connectivity index (χ1v) is 11.6. The molecule has 10 heteroatoms.